The standard InChI is InChI=1S/C23H25N3O2/c1-3-17-7-10-20(11-8-17)26-22-12-9-19(16-25-22)23(27)24-14-13-18-5-4-6-21(15-18)28-2/h4-12,15-16H,3,13-14H2,1-2H3,(H,24,27)(H,25,26). The Kier molecular flexibility index (Phi) is 6.63. The maximum Gasteiger partial charge on any atom is 0.252 e. The van der Waals surface area contributed by atoms with Gasteiger partial charge in [-0.15, -0.1) is 0 Å². The van der Waals surface area contributed by atoms with Gasteiger partial charge in [0.05, 0.1) is 12.7 Å². The van der Waals surface area contributed by atoms with Gasteiger partial charge in [0, 0.05) is 18.4 Å². The van der Waals surface area contributed by atoms with Crippen LogP contribution in [-0.4, -0.2) is 24.5 Å². The molecule has 0 unspecified atom stereocenters. The topological polar surface area (TPSA) is 63.2 Å². The van der Waals surface area contributed by atoms with E-state index in [9.17, 15) is 4.79 Å². The molecule has 3 rings (SSSR count). The lowest BCUT2D eigenvalue weighted by molar-refractivity contribution is 0.0954. The zero-order chi connectivity index (χ0) is 19.8. The molecule has 3 aromatic rings. The zero-order valence-electron chi connectivity index (χ0n) is 16.2. The van der Waals surface area contributed by atoms with Crippen molar-refractivity contribution < 1.29 is 9.53 Å². The van der Waals surface area contributed by atoms with E-state index < -0.39 is 0 Å². The zero-order valence-corrected chi connectivity index (χ0v) is 16.2. The van der Waals surface area contributed by atoms with E-state index in [0.29, 0.717) is 17.9 Å². The fourth-order valence-electron chi connectivity index (χ4n) is 2.82. The molecule has 28 heavy (non-hydrogen) atoms. The largest absolute Gasteiger partial charge is 0.497 e. The van der Waals surface area contributed by atoms with Crippen molar-refractivity contribution >= 4 is 17.4 Å². The molecule has 2 N–H and O–H groups in total. The second kappa shape index (κ2) is 9.55. The molecule has 2 aromatic carbocycles. The summed E-state index contributed by atoms with van der Waals surface area (Å²) in [5, 5.41) is 6.17. The smallest absolute Gasteiger partial charge is 0.252 e. The van der Waals surface area contributed by atoms with E-state index in [-0.39, 0.29) is 5.91 Å². The van der Waals surface area contributed by atoms with Gasteiger partial charge in [-0.25, -0.2) is 4.98 Å². The summed E-state index contributed by atoms with van der Waals surface area (Å²) in [6.07, 6.45) is 3.34. The number of pyridine rings is 1. The average Bonchev–Trinajstić information content (AvgIpc) is 2.75. The molecule has 0 saturated heterocycles. The van der Waals surface area contributed by atoms with Gasteiger partial charge in [-0.1, -0.05) is 31.2 Å². The van der Waals surface area contributed by atoms with Gasteiger partial charge < -0.3 is 15.4 Å². The van der Waals surface area contributed by atoms with E-state index in [2.05, 4.69) is 34.7 Å². The number of rotatable bonds is 8. The number of ether oxygens (including phenoxy) is 1. The van der Waals surface area contributed by atoms with Gasteiger partial charge in [-0.2, -0.15) is 0 Å². The second-order valence-electron chi connectivity index (χ2n) is 6.47. The van der Waals surface area contributed by atoms with Crippen molar-refractivity contribution in [1.29, 1.82) is 0 Å². The molecule has 1 aromatic heterocycles. The van der Waals surface area contributed by atoms with Gasteiger partial charge in [0.15, 0.2) is 0 Å². The molecule has 0 radical (unpaired) electrons. The van der Waals surface area contributed by atoms with Gasteiger partial charge in [0.25, 0.3) is 5.91 Å². The molecule has 5 nitrogen and oxygen atoms in total. The molecule has 0 bridgehead atoms. The Bertz CT molecular complexity index is 906. The molecular weight excluding hydrogens is 350 g/mol. The first-order valence-electron chi connectivity index (χ1n) is 9.41. The van der Waals surface area contributed by atoms with Crippen molar-refractivity contribution in [2.75, 3.05) is 19.0 Å². The Balaban J connectivity index is 1.51. The van der Waals surface area contributed by atoms with Crippen LogP contribution in [-0.2, 0) is 12.8 Å². The first kappa shape index (κ1) is 19.4. The number of carbonyl (C=O) groups is 1. The first-order chi connectivity index (χ1) is 13.7. The molecule has 0 spiro atoms. The lowest BCUT2D eigenvalue weighted by atomic mass is 10.1. The average molecular weight is 375 g/mol. The number of anilines is 2. The highest BCUT2D eigenvalue weighted by atomic mass is 16.5. The number of nitrogens with zero attached hydrogens (tertiary/aromatic N) is 1. The molecule has 0 atom stereocenters. The summed E-state index contributed by atoms with van der Waals surface area (Å²) in [4.78, 5) is 16.6. The Morgan fingerprint density at radius 1 is 1.04 bits per heavy atom. The Labute approximate surface area is 165 Å². The van der Waals surface area contributed by atoms with E-state index in [1.165, 1.54) is 5.56 Å². The monoisotopic (exact) mass is 375 g/mol. The van der Waals surface area contributed by atoms with Crippen LogP contribution in [0.1, 0.15) is 28.4 Å². The number of amides is 1. The predicted octanol–water partition coefficient (Wildman–Crippen LogP) is 4.37. The summed E-state index contributed by atoms with van der Waals surface area (Å²) >= 11 is 0. The minimum Gasteiger partial charge on any atom is -0.497 e. The number of hydrogen-bond donors (Lipinski definition) is 2. The molecule has 0 saturated carbocycles. The normalized spacial score (nSPS) is 10.4. The maximum absolute atomic E-state index is 12.3. The predicted molar refractivity (Wildman–Crippen MR) is 112 cm³/mol. The van der Waals surface area contributed by atoms with Crippen LogP contribution in [0.25, 0.3) is 0 Å². The quantitative estimate of drug-likeness (QED) is 0.614. The lowest BCUT2D eigenvalue weighted by Crippen LogP contribution is -2.25. The number of aromatic nitrogens is 1. The lowest BCUT2D eigenvalue weighted by Gasteiger charge is -2.08. The van der Waals surface area contributed by atoms with Gasteiger partial charge in [-0.3, -0.25) is 4.79 Å². The van der Waals surface area contributed by atoms with Gasteiger partial charge in [0.1, 0.15) is 11.6 Å². The van der Waals surface area contributed by atoms with E-state index in [0.717, 1.165) is 29.8 Å². The fourth-order valence-corrected chi connectivity index (χ4v) is 2.82. The summed E-state index contributed by atoms with van der Waals surface area (Å²) in [5.41, 5.74) is 3.92. The molecule has 0 aliphatic rings. The molecule has 0 aliphatic heterocycles. The van der Waals surface area contributed by atoms with E-state index in [1.54, 1.807) is 19.4 Å². The van der Waals surface area contributed by atoms with Crippen LogP contribution >= 0.6 is 0 Å². The van der Waals surface area contributed by atoms with Crippen LogP contribution < -0.4 is 15.4 Å². The van der Waals surface area contributed by atoms with Crippen molar-refractivity contribution in [3.63, 3.8) is 0 Å². The van der Waals surface area contributed by atoms with Crippen molar-refractivity contribution in [2.24, 2.45) is 0 Å². The highest BCUT2D eigenvalue weighted by Gasteiger charge is 2.06. The Morgan fingerprint density at radius 3 is 2.54 bits per heavy atom. The number of nitrogens with one attached hydrogen (secondary N) is 2. The number of carbonyl (C=O) groups excluding carboxylic acids is 1. The third-order valence-corrected chi connectivity index (χ3v) is 4.49. The third-order valence-electron chi connectivity index (χ3n) is 4.49. The summed E-state index contributed by atoms with van der Waals surface area (Å²) in [7, 11) is 1.65. The van der Waals surface area contributed by atoms with Crippen LogP contribution in [0.4, 0.5) is 11.5 Å². The highest BCUT2D eigenvalue weighted by Crippen LogP contribution is 2.16. The molecule has 0 aliphatic carbocycles. The van der Waals surface area contributed by atoms with Crippen molar-refractivity contribution in [3.05, 3.63) is 83.6 Å². The van der Waals surface area contributed by atoms with Crippen molar-refractivity contribution in [2.45, 2.75) is 19.8 Å². The van der Waals surface area contributed by atoms with E-state index >= 15 is 0 Å². The fraction of sp³-hybridized carbons (Fsp3) is 0.217. The van der Waals surface area contributed by atoms with Crippen molar-refractivity contribution in [3.8, 4) is 5.75 Å². The van der Waals surface area contributed by atoms with Crippen LogP contribution in [0.15, 0.2) is 66.9 Å². The Morgan fingerprint density at radius 2 is 1.86 bits per heavy atom. The molecular formula is C23H25N3O2. The summed E-state index contributed by atoms with van der Waals surface area (Å²) in [6.45, 7) is 2.68. The Hall–Kier alpha value is -3.34. The minimum atomic E-state index is -0.130. The first-order valence-corrected chi connectivity index (χ1v) is 9.41. The summed E-state index contributed by atoms with van der Waals surface area (Å²) in [5.74, 6) is 1.40. The van der Waals surface area contributed by atoms with Gasteiger partial charge >= 0.3 is 0 Å². The van der Waals surface area contributed by atoms with Crippen LogP contribution in [0.3, 0.4) is 0 Å². The molecule has 5 heteroatoms. The molecule has 0 fully saturated rings. The van der Waals surface area contributed by atoms with Crippen LogP contribution in [0, 0.1) is 0 Å². The molecule has 1 heterocycles. The second-order valence-corrected chi connectivity index (χ2v) is 6.47. The number of methoxy groups -OCH3 is 1. The number of hydrogen-bond acceptors (Lipinski definition) is 4. The minimum absolute atomic E-state index is 0.130. The molecule has 1 amide bonds. The third kappa shape index (κ3) is 5.33. The van der Waals surface area contributed by atoms with Gasteiger partial charge in [-0.05, 0) is 60.4 Å². The van der Waals surface area contributed by atoms with Gasteiger partial charge in [0.2, 0.25) is 0 Å². The molecule has 144 valence electrons. The maximum atomic E-state index is 12.3. The van der Waals surface area contributed by atoms with E-state index in [1.807, 2.05) is 42.5 Å². The van der Waals surface area contributed by atoms with Crippen LogP contribution in [0.5, 0.6) is 5.75 Å². The summed E-state index contributed by atoms with van der Waals surface area (Å²) in [6, 6.07) is 19.7. The van der Waals surface area contributed by atoms with Crippen LogP contribution in [0.2, 0.25) is 0 Å². The van der Waals surface area contributed by atoms with E-state index in [4.69, 9.17) is 4.74 Å². The SMILES string of the molecule is CCc1ccc(Nc2ccc(C(=O)NCCc3cccc(OC)c3)cn2)cc1. The number of aryl methyl sites for hydroxylation is 1. The van der Waals surface area contributed by atoms with Crippen molar-refractivity contribution in [1.82, 2.24) is 10.3 Å². The highest BCUT2D eigenvalue weighted by molar-refractivity contribution is 5.94. The number of benzene rings is 2. The summed E-state index contributed by atoms with van der Waals surface area (Å²) < 4.78 is 5.22.